The molecule has 0 aromatic heterocycles. The number of hydrogen-bond donors (Lipinski definition) is 2. The summed E-state index contributed by atoms with van der Waals surface area (Å²) < 4.78 is 37.8. The molecule has 1 aromatic carbocycles. The summed E-state index contributed by atoms with van der Waals surface area (Å²) in [7, 11) is 1.72. The van der Waals surface area contributed by atoms with E-state index in [-0.39, 0.29) is 11.6 Å². The Balaban J connectivity index is 2.05. The molecule has 2 N–H and O–H groups in total. The summed E-state index contributed by atoms with van der Waals surface area (Å²) in [5.41, 5.74) is 3.76. The number of benzene rings is 1. The fourth-order valence-corrected chi connectivity index (χ4v) is 2.16. The molecule has 1 aliphatic rings. The molecule has 1 aromatic rings. The lowest BCUT2D eigenvalue weighted by atomic mass is 10.2. The van der Waals surface area contributed by atoms with Crippen LogP contribution in [0.3, 0.4) is 0 Å². The fraction of sp³-hybridized carbons (Fsp3) is 0.400. The highest BCUT2D eigenvalue weighted by Crippen LogP contribution is 2.23. The Hall–Kier alpha value is -0.860. The van der Waals surface area contributed by atoms with Crippen LogP contribution in [-0.4, -0.2) is 32.8 Å². The number of ether oxygens (including phenoxy) is 1. The molecule has 1 saturated heterocycles. The lowest BCUT2D eigenvalue weighted by molar-refractivity contribution is 0.0228. The molecule has 0 spiro atoms. The largest absolute Gasteiger partial charge is 0.337 e. The third-order valence-corrected chi connectivity index (χ3v) is 3.07. The van der Waals surface area contributed by atoms with Crippen LogP contribution in [0.15, 0.2) is 24.3 Å². The van der Waals surface area contributed by atoms with Crippen molar-refractivity contribution in [2.24, 2.45) is 0 Å². The Morgan fingerprint density at radius 1 is 1.53 bits per heavy atom. The van der Waals surface area contributed by atoms with Gasteiger partial charge in [0, 0.05) is 7.05 Å². The third-order valence-electron chi connectivity index (χ3n) is 2.50. The summed E-state index contributed by atoms with van der Waals surface area (Å²) in [6.07, 6.45) is -0.898. The average Bonchev–Trinajstić information content (AvgIpc) is 2.60. The van der Waals surface area contributed by atoms with Crippen LogP contribution < -0.4 is 5.43 Å². The van der Waals surface area contributed by atoms with Gasteiger partial charge < -0.3 is 9.29 Å². The maximum Gasteiger partial charge on any atom is 0.156 e. The van der Waals surface area contributed by atoms with E-state index in [2.05, 4.69) is 5.43 Å². The van der Waals surface area contributed by atoms with E-state index >= 15 is 0 Å². The van der Waals surface area contributed by atoms with Crippen LogP contribution >= 0.6 is 0 Å². The normalized spacial score (nSPS) is 27.2. The molecule has 94 valence electrons. The van der Waals surface area contributed by atoms with Gasteiger partial charge in [-0.3, -0.25) is 0 Å². The topological polar surface area (TPSA) is 61.8 Å². The molecule has 0 radical (unpaired) electrons. The van der Waals surface area contributed by atoms with Crippen LogP contribution in [0, 0.1) is 5.82 Å². The fourth-order valence-electron chi connectivity index (χ4n) is 1.61. The van der Waals surface area contributed by atoms with Gasteiger partial charge >= 0.3 is 0 Å². The third kappa shape index (κ3) is 3.08. The van der Waals surface area contributed by atoms with Crippen molar-refractivity contribution in [2.45, 2.75) is 12.5 Å². The Morgan fingerprint density at radius 3 is 2.76 bits per heavy atom. The first kappa shape index (κ1) is 12.6. The molecule has 0 saturated carbocycles. The van der Waals surface area contributed by atoms with Crippen molar-refractivity contribution in [1.82, 2.24) is 10.4 Å². The zero-order valence-corrected chi connectivity index (χ0v) is 9.98. The lowest BCUT2D eigenvalue weighted by Gasteiger charge is -2.13. The van der Waals surface area contributed by atoms with Crippen molar-refractivity contribution in [3.63, 3.8) is 0 Å². The van der Waals surface area contributed by atoms with Crippen molar-refractivity contribution in [1.29, 1.82) is 0 Å². The minimum Gasteiger partial charge on any atom is -0.337 e. The van der Waals surface area contributed by atoms with E-state index < -0.39 is 23.5 Å². The van der Waals surface area contributed by atoms with Crippen molar-refractivity contribution in [2.75, 3.05) is 12.8 Å². The second-order valence-corrected chi connectivity index (χ2v) is 4.73. The number of hydrazine groups is 1. The number of nitrogens with zero attached hydrogens (tertiary/aromatic N) is 1. The van der Waals surface area contributed by atoms with Crippen LogP contribution in [0.1, 0.15) is 11.8 Å². The summed E-state index contributed by atoms with van der Waals surface area (Å²) >= 11 is -1.92. The number of rotatable bonds is 3. The van der Waals surface area contributed by atoms with E-state index in [9.17, 15) is 8.60 Å². The summed E-state index contributed by atoms with van der Waals surface area (Å²) in [4.78, 5) is 0. The first-order valence-electron chi connectivity index (χ1n) is 5.03. The highest BCUT2D eigenvalue weighted by atomic mass is 32.2. The molecule has 17 heavy (non-hydrogen) atoms. The van der Waals surface area contributed by atoms with Gasteiger partial charge in [-0.1, -0.05) is 12.1 Å². The van der Waals surface area contributed by atoms with Crippen molar-refractivity contribution < 1.29 is 17.9 Å². The summed E-state index contributed by atoms with van der Waals surface area (Å²) in [6.45, 7) is 0. The van der Waals surface area contributed by atoms with E-state index in [1.807, 2.05) is 0 Å². The van der Waals surface area contributed by atoms with Gasteiger partial charge in [-0.25, -0.2) is 19.0 Å². The molecule has 7 heteroatoms. The van der Waals surface area contributed by atoms with Crippen LogP contribution in [-0.2, 0) is 15.8 Å². The van der Waals surface area contributed by atoms with Crippen molar-refractivity contribution >= 4 is 11.1 Å². The Labute approximate surface area is 101 Å². The monoisotopic (exact) mass is 260 g/mol. The smallest absolute Gasteiger partial charge is 0.156 e. The number of nitrogens with one attached hydrogen (secondary N) is 1. The van der Waals surface area contributed by atoms with Crippen molar-refractivity contribution in [3.8, 4) is 0 Å². The predicted octanol–water partition coefficient (Wildman–Crippen LogP) is 0.839. The van der Waals surface area contributed by atoms with Crippen LogP contribution in [0.4, 0.5) is 4.39 Å². The molecule has 3 unspecified atom stereocenters. The zero-order chi connectivity index (χ0) is 12.4. The van der Waals surface area contributed by atoms with E-state index in [4.69, 9.17) is 9.29 Å². The highest BCUT2D eigenvalue weighted by molar-refractivity contribution is 7.79. The van der Waals surface area contributed by atoms with E-state index in [1.165, 1.54) is 12.1 Å². The van der Waals surface area contributed by atoms with Gasteiger partial charge in [-0.2, -0.15) is 0 Å². The minimum atomic E-state index is -1.92. The SMILES string of the molecule is CN1NC(c2ccc(F)cc2)OC1CS(=O)O. The van der Waals surface area contributed by atoms with Crippen LogP contribution in [0.5, 0.6) is 0 Å². The van der Waals surface area contributed by atoms with E-state index in [0.29, 0.717) is 0 Å². The summed E-state index contributed by atoms with van der Waals surface area (Å²) in [5, 5.41) is 1.63. The summed E-state index contributed by atoms with van der Waals surface area (Å²) in [6, 6.07) is 5.91. The molecule has 0 bridgehead atoms. The van der Waals surface area contributed by atoms with Gasteiger partial charge in [-0.15, -0.1) is 0 Å². The van der Waals surface area contributed by atoms with E-state index in [1.54, 1.807) is 24.2 Å². The number of halogens is 1. The van der Waals surface area contributed by atoms with Gasteiger partial charge in [-0.05, 0) is 17.7 Å². The molecule has 3 atom stereocenters. The Bertz CT molecular complexity index is 415. The molecule has 2 rings (SSSR count). The van der Waals surface area contributed by atoms with Gasteiger partial charge in [0.25, 0.3) is 0 Å². The first-order chi connectivity index (χ1) is 8.06. The highest BCUT2D eigenvalue weighted by Gasteiger charge is 2.31. The standard InChI is InChI=1S/C10H13FN2O3S/c1-13-9(6-17(14)15)16-10(12-13)7-2-4-8(11)5-3-7/h2-5,9-10,12H,6H2,1H3,(H,14,15). The molecule has 0 amide bonds. The van der Waals surface area contributed by atoms with Gasteiger partial charge in [0.15, 0.2) is 11.1 Å². The summed E-state index contributed by atoms with van der Waals surface area (Å²) in [5.74, 6) is -0.311. The number of hydrogen-bond acceptors (Lipinski definition) is 4. The zero-order valence-electron chi connectivity index (χ0n) is 9.17. The first-order valence-corrected chi connectivity index (χ1v) is 6.31. The molecule has 1 fully saturated rings. The molecular weight excluding hydrogens is 247 g/mol. The Kier molecular flexibility index (Phi) is 3.85. The lowest BCUT2D eigenvalue weighted by Crippen LogP contribution is -2.36. The van der Waals surface area contributed by atoms with Gasteiger partial charge in [0.2, 0.25) is 0 Å². The second-order valence-electron chi connectivity index (χ2n) is 3.75. The minimum absolute atomic E-state index is 0.00119. The molecule has 5 nitrogen and oxygen atoms in total. The molecule has 0 aliphatic carbocycles. The van der Waals surface area contributed by atoms with Crippen molar-refractivity contribution in [3.05, 3.63) is 35.6 Å². The molecule has 1 heterocycles. The quantitative estimate of drug-likeness (QED) is 0.789. The van der Waals surface area contributed by atoms with Gasteiger partial charge in [0.1, 0.15) is 18.3 Å². The van der Waals surface area contributed by atoms with Gasteiger partial charge in [0.05, 0.1) is 5.75 Å². The van der Waals surface area contributed by atoms with E-state index in [0.717, 1.165) is 5.56 Å². The molecular formula is C10H13FN2O3S. The average molecular weight is 260 g/mol. The second kappa shape index (κ2) is 5.19. The van der Waals surface area contributed by atoms with Crippen LogP contribution in [0.25, 0.3) is 0 Å². The maximum absolute atomic E-state index is 12.8. The molecule has 1 aliphatic heterocycles. The van der Waals surface area contributed by atoms with Crippen LogP contribution in [0.2, 0.25) is 0 Å². The maximum atomic E-state index is 12.8. The predicted molar refractivity (Wildman–Crippen MR) is 60.6 cm³/mol. The Morgan fingerprint density at radius 2 is 2.18 bits per heavy atom.